The molecule has 2 heterocycles. The van der Waals surface area contributed by atoms with Crippen LogP contribution in [-0.4, -0.2) is 41.6 Å². The van der Waals surface area contributed by atoms with Crippen molar-refractivity contribution in [1.29, 1.82) is 0 Å². The number of anilines is 3. The first-order chi connectivity index (χ1) is 19.1. The smallest absolute Gasteiger partial charge is 0.323 e. The van der Waals surface area contributed by atoms with Crippen LogP contribution in [0.15, 0.2) is 91.1 Å². The number of hydrogen-bond donors (Lipinski definition) is 2. The second kappa shape index (κ2) is 11.1. The summed E-state index contributed by atoms with van der Waals surface area (Å²) in [5.74, 6) is 0. The molecule has 1 saturated carbocycles. The summed E-state index contributed by atoms with van der Waals surface area (Å²) in [5, 5.41) is 7.02. The Morgan fingerprint density at radius 3 is 2.44 bits per heavy atom. The Balaban J connectivity index is 1.19. The molecule has 1 aliphatic carbocycles. The van der Waals surface area contributed by atoms with Crippen LogP contribution in [0.2, 0.25) is 0 Å². The standard InChI is InChI=1S/C33H37N5O/c1-25-24-37(19-20-38(25)30-14-4-2-5-15-30)33(17-8-3-9-18-33)27-12-10-13-28(22-27)35-32(39)36-29-21-26-11-6-7-16-31(26)34-23-29/h2,4-7,10-16,21-23,25H,3,8-9,17-20,24H2,1H3,(H2,35,36,39). The molecule has 3 aromatic carbocycles. The predicted octanol–water partition coefficient (Wildman–Crippen LogP) is 7.25. The number of nitrogens with one attached hydrogen (secondary N) is 2. The van der Waals surface area contributed by atoms with E-state index in [0.29, 0.717) is 11.7 Å². The van der Waals surface area contributed by atoms with Crippen molar-refractivity contribution in [2.75, 3.05) is 35.2 Å². The van der Waals surface area contributed by atoms with Crippen molar-refractivity contribution >= 4 is 34.0 Å². The molecule has 1 unspecified atom stereocenters. The van der Waals surface area contributed by atoms with E-state index in [4.69, 9.17) is 0 Å². The number of pyridine rings is 1. The van der Waals surface area contributed by atoms with Gasteiger partial charge in [-0.15, -0.1) is 0 Å². The first-order valence-electron chi connectivity index (χ1n) is 14.2. The van der Waals surface area contributed by atoms with Gasteiger partial charge in [-0.25, -0.2) is 4.79 Å². The summed E-state index contributed by atoms with van der Waals surface area (Å²) in [7, 11) is 0. The predicted molar refractivity (Wildman–Crippen MR) is 160 cm³/mol. The number of urea groups is 1. The van der Waals surface area contributed by atoms with Crippen LogP contribution in [0.25, 0.3) is 10.9 Å². The minimum atomic E-state index is -0.257. The molecule has 0 spiro atoms. The zero-order chi connectivity index (χ0) is 26.7. The molecular weight excluding hydrogens is 482 g/mol. The van der Waals surface area contributed by atoms with E-state index in [0.717, 1.165) is 49.1 Å². The third-order valence-electron chi connectivity index (χ3n) is 8.51. The summed E-state index contributed by atoms with van der Waals surface area (Å²) in [6, 6.07) is 29.3. The number of aromatic nitrogens is 1. The highest BCUT2D eigenvalue weighted by Crippen LogP contribution is 2.44. The number of nitrogens with zero attached hydrogens (tertiary/aromatic N) is 3. The number of carbonyl (C=O) groups is 1. The van der Waals surface area contributed by atoms with Crippen molar-refractivity contribution in [2.45, 2.75) is 50.6 Å². The van der Waals surface area contributed by atoms with Crippen LogP contribution in [0, 0.1) is 0 Å². The molecule has 0 bridgehead atoms. The fourth-order valence-electron chi connectivity index (χ4n) is 6.59. The van der Waals surface area contributed by atoms with Gasteiger partial charge in [0, 0.05) is 48.0 Å². The molecule has 1 aliphatic heterocycles. The van der Waals surface area contributed by atoms with Gasteiger partial charge in [0.2, 0.25) is 0 Å². The average Bonchev–Trinajstić information content (AvgIpc) is 2.98. The minimum Gasteiger partial charge on any atom is -0.366 e. The van der Waals surface area contributed by atoms with Gasteiger partial charge in [0.25, 0.3) is 0 Å². The van der Waals surface area contributed by atoms with E-state index < -0.39 is 0 Å². The molecule has 1 aromatic heterocycles. The molecule has 6 rings (SSSR count). The quantitative estimate of drug-likeness (QED) is 0.292. The minimum absolute atomic E-state index is 0.00567. The zero-order valence-electron chi connectivity index (χ0n) is 22.6. The van der Waals surface area contributed by atoms with E-state index in [1.807, 2.05) is 36.4 Å². The number of carbonyl (C=O) groups excluding carboxylic acids is 1. The van der Waals surface area contributed by atoms with E-state index in [1.54, 1.807) is 6.20 Å². The van der Waals surface area contributed by atoms with Crippen molar-refractivity contribution in [3.8, 4) is 0 Å². The molecule has 1 saturated heterocycles. The molecule has 4 aromatic rings. The molecule has 0 radical (unpaired) electrons. The molecule has 1 atom stereocenters. The molecule has 2 amide bonds. The number of hydrogen-bond acceptors (Lipinski definition) is 4. The second-order valence-corrected chi connectivity index (χ2v) is 11.0. The van der Waals surface area contributed by atoms with E-state index >= 15 is 0 Å². The molecule has 2 fully saturated rings. The monoisotopic (exact) mass is 519 g/mol. The Hall–Kier alpha value is -3.90. The molecule has 2 aliphatic rings. The molecular formula is C33H37N5O. The highest BCUT2D eigenvalue weighted by molar-refractivity contribution is 6.00. The number of benzene rings is 3. The first kappa shape index (κ1) is 25.4. The van der Waals surface area contributed by atoms with E-state index in [2.05, 4.69) is 80.9 Å². The van der Waals surface area contributed by atoms with Gasteiger partial charge in [0.15, 0.2) is 0 Å². The van der Waals surface area contributed by atoms with Gasteiger partial charge in [-0.3, -0.25) is 9.88 Å². The number of amides is 2. The van der Waals surface area contributed by atoms with Crippen LogP contribution in [0.5, 0.6) is 0 Å². The van der Waals surface area contributed by atoms with Crippen LogP contribution >= 0.6 is 0 Å². The summed E-state index contributed by atoms with van der Waals surface area (Å²) in [6.07, 6.45) is 7.78. The van der Waals surface area contributed by atoms with Crippen molar-refractivity contribution in [3.05, 3.63) is 96.7 Å². The summed E-state index contributed by atoms with van der Waals surface area (Å²) in [6.45, 7) is 5.43. The van der Waals surface area contributed by atoms with Crippen molar-refractivity contribution in [3.63, 3.8) is 0 Å². The molecule has 6 heteroatoms. The van der Waals surface area contributed by atoms with Crippen LogP contribution < -0.4 is 15.5 Å². The average molecular weight is 520 g/mol. The zero-order valence-corrected chi connectivity index (χ0v) is 22.6. The first-order valence-corrected chi connectivity index (χ1v) is 14.2. The Morgan fingerprint density at radius 2 is 1.62 bits per heavy atom. The second-order valence-electron chi connectivity index (χ2n) is 11.0. The lowest BCUT2D eigenvalue weighted by Gasteiger charge is -2.52. The van der Waals surface area contributed by atoms with Crippen LogP contribution in [0.3, 0.4) is 0 Å². The fraction of sp³-hybridized carbons (Fsp3) is 0.333. The van der Waals surface area contributed by atoms with E-state index in [1.165, 1.54) is 30.5 Å². The van der Waals surface area contributed by atoms with Crippen molar-refractivity contribution in [2.24, 2.45) is 0 Å². The Kier molecular flexibility index (Phi) is 7.20. The van der Waals surface area contributed by atoms with Crippen molar-refractivity contribution < 1.29 is 4.79 Å². The lowest BCUT2D eigenvalue weighted by Crippen LogP contribution is -2.59. The third kappa shape index (κ3) is 5.34. The van der Waals surface area contributed by atoms with Gasteiger partial charge in [-0.2, -0.15) is 0 Å². The summed E-state index contributed by atoms with van der Waals surface area (Å²) >= 11 is 0. The van der Waals surface area contributed by atoms with Gasteiger partial charge in [0.05, 0.1) is 17.4 Å². The number of rotatable bonds is 5. The number of fused-ring (bicyclic) bond motifs is 1. The topological polar surface area (TPSA) is 60.5 Å². The lowest BCUT2D eigenvalue weighted by molar-refractivity contribution is 0.0318. The van der Waals surface area contributed by atoms with Gasteiger partial charge < -0.3 is 15.5 Å². The van der Waals surface area contributed by atoms with Gasteiger partial charge in [-0.05, 0) is 61.7 Å². The summed E-state index contributed by atoms with van der Waals surface area (Å²) in [5.41, 5.74) is 5.03. The number of para-hydroxylation sites is 2. The molecule has 6 nitrogen and oxygen atoms in total. The molecule has 39 heavy (non-hydrogen) atoms. The normalized spacial score (nSPS) is 19.5. The highest BCUT2D eigenvalue weighted by atomic mass is 16.2. The van der Waals surface area contributed by atoms with Gasteiger partial charge >= 0.3 is 6.03 Å². The van der Waals surface area contributed by atoms with Crippen molar-refractivity contribution in [1.82, 2.24) is 9.88 Å². The van der Waals surface area contributed by atoms with Crippen LogP contribution in [0.1, 0.15) is 44.6 Å². The number of piperazine rings is 1. The highest BCUT2D eigenvalue weighted by Gasteiger charge is 2.42. The third-order valence-corrected chi connectivity index (χ3v) is 8.51. The maximum Gasteiger partial charge on any atom is 0.323 e. The van der Waals surface area contributed by atoms with Gasteiger partial charge in [-0.1, -0.05) is 67.8 Å². The summed E-state index contributed by atoms with van der Waals surface area (Å²) in [4.78, 5) is 22.7. The molecule has 200 valence electrons. The van der Waals surface area contributed by atoms with Gasteiger partial charge in [0.1, 0.15) is 0 Å². The maximum atomic E-state index is 12.9. The van der Waals surface area contributed by atoms with Crippen LogP contribution in [-0.2, 0) is 5.54 Å². The fourth-order valence-corrected chi connectivity index (χ4v) is 6.59. The lowest BCUT2D eigenvalue weighted by atomic mass is 9.74. The van der Waals surface area contributed by atoms with Crippen LogP contribution in [0.4, 0.5) is 21.9 Å². The summed E-state index contributed by atoms with van der Waals surface area (Å²) < 4.78 is 0. The maximum absolute atomic E-state index is 12.9. The Morgan fingerprint density at radius 1 is 0.846 bits per heavy atom. The largest absolute Gasteiger partial charge is 0.366 e. The molecule has 2 N–H and O–H groups in total. The SMILES string of the molecule is CC1CN(C2(c3cccc(NC(=O)Nc4cnc5ccccc5c4)c3)CCCCC2)CCN1c1ccccc1. The Labute approximate surface area is 231 Å². The van der Waals surface area contributed by atoms with E-state index in [-0.39, 0.29) is 11.6 Å². The Bertz CT molecular complexity index is 1430. The van der Waals surface area contributed by atoms with E-state index in [9.17, 15) is 4.79 Å².